The van der Waals surface area contributed by atoms with Gasteiger partial charge in [0, 0.05) is 26.1 Å². The van der Waals surface area contributed by atoms with Crippen molar-refractivity contribution in [2.45, 2.75) is 51.5 Å². The fourth-order valence-corrected chi connectivity index (χ4v) is 4.04. The third-order valence-corrected chi connectivity index (χ3v) is 5.90. The molecule has 7 nitrogen and oxygen atoms in total. The van der Waals surface area contributed by atoms with E-state index in [2.05, 4.69) is 38.5 Å². The third-order valence-electron chi connectivity index (χ3n) is 5.90. The molecule has 1 aromatic heterocycles. The highest BCUT2D eigenvalue weighted by Crippen LogP contribution is 2.26. The van der Waals surface area contributed by atoms with Crippen LogP contribution in [0, 0.1) is 0 Å². The van der Waals surface area contributed by atoms with E-state index in [1.54, 1.807) is 0 Å². The van der Waals surface area contributed by atoms with Crippen LogP contribution in [-0.4, -0.2) is 81.7 Å². The van der Waals surface area contributed by atoms with Crippen LogP contribution in [0.2, 0.25) is 0 Å². The normalized spacial score (nSPS) is 22.2. The first-order valence-corrected chi connectivity index (χ1v) is 10.1. The molecule has 2 fully saturated rings. The fraction of sp³-hybridized carbons (Fsp3) is 0.842. The quantitative estimate of drug-likeness (QED) is 0.767. The number of carbonyl (C=O) groups is 1. The van der Waals surface area contributed by atoms with E-state index < -0.39 is 0 Å². The number of aromatic nitrogens is 3. The molecular weight excluding hydrogens is 328 g/mol. The minimum atomic E-state index is 0.231. The first-order valence-electron chi connectivity index (χ1n) is 10.1. The van der Waals surface area contributed by atoms with Crippen LogP contribution in [0.3, 0.4) is 0 Å². The third kappa shape index (κ3) is 4.62. The van der Waals surface area contributed by atoms with Gasteiger partial charge in [-0.3, -0.25) is 14.6 Å². The number of hydrogen-bond acceptors (Lipinski definition) is 5. The molecule has 7 heteroatoms. The van der Waals surface area contributed by atoms with Crippen molar-refractivity contribution in [2.24, 2.45) is 7.05 Å². The molecule has 3 heterocycles. The highest BCUT2D eigenvalue weighted by atomic mass is 16.2. The predicted octanol–water partition coefficient (Wildman–Crippen LogP) is 1.46. The van der Waals surface area contributed by atoms with Crippen LogP contribution >= 0.6 is 0 Å². The summed E-state index contributed by atoms with van der Waals surface area (Å²) in [5.74, 6) is 2.62. The van der Waals surface area contributed by atoms with E-state index >= 15 is 0 Å². The number of likely N-dealkylation sites (N-methyl/N-ethyl adjacent to an activating group) is 1. The minimum Gasteiger partial charge on any atom is -0.341 e. The van der Waals surface area contributed by atoms with Crippen LogP contribution in [0.4, 0.5) is 0 Å². The summed E-state index contributed by atoms with van der Waals surface area (Å²) in [7, 11) is 4.08. The lowest BCUT2D eigenvalue weighted by atomic mass is 9.97. The summed E-state index contributed by atoms with van der Waals surface area (Å²) in [5.41, 5.74) is 0. The highest BCUT2D eigenvalue weighted by Gasteiger charge is 2.29. The Bertz CT molecular complexity index is 595. The van der Waals surface area contributed by atoms with E-state index in [4.69, 9.17) is 0 Å². The first-order chi connectivity index (χ1) is 12.6. The molecule has 2 saturated heterocycles. The lowest BCUT2D eigenvalue weighted by molar-refractivity contribution is -0.133. The summed E-state index contributed by atoms with van der Waals surface area (Å²) < 4.78 is 2.17. The Balaban J connectivity index is 1.62. The molecule has 0 aliphatic carbocycles. The molecule has 0 unspecified atom stereocenters. The van der Waals surface area contributed by atoms with Crippen LogP contribution in [0.25, 0.3) is 0 Å². The maximum atomic E-state index is 12.5. The lowest BCUT2D eigenvalue weighted by Gasteiger charge is -2.33. The molecular formula is C19H34N6O. The number of carbonyl (C=O) groups excluding carboxylic acids is 1. The van der Waals surface area contributed by atoms with Crippen molar-refractivity contribution in [2.75, 3.05) is 46.3 Å². The Morgan fingerprint density at radius 3 is 2.65 bits per heavy atom. The average molecular weight is 363 g/mol. The standard InChI is InChI=1S/C19H34N6O/c1-4-22(2)15-18(26)25-12-8-9-16(13-25)19-21-20-17(23(19)3)14-24-10-6-5-7-11-24/h16H,4-15H2,1-3H3/t16-/m0/s1. The van der Waals surface area contributed by atoms with E-state index in [-0.39, 0.29) is 5.91 Å². The van der Waals surface area contributed by atoms with Gasteiger partial charge < -0.3 is 9.47 Å². The van der Waals surface area contributed by atoms with E-state index in [1.165, 1.54) is 32.4 Å². The zero-order valence-corrected chi connectivity index (χ0v) is 16.7. The van der Waals surface area contributed by atoms with Crippen LogP contribution in [0.1, 0.15) is 56.6 Å². The summed E-state index contributed by atoms with van der Waals surface area (Å²) in [4.78, 5) is 19.1. The number of amides is 1. The van der Waals surface area contributed by atoms with Gasteiger partial charge in [-0.05, 0) is 52.4 Å². The van der Waals surface area contributed by atoms with Crippen molar-refractivity contribution in [3.05, 3.63) is 11.6 Å². The first kappa shape index (κ1) is 19.3. The molecule has 26 heavy (non-hydrogen) atoms. The highest BCUT2D eigenvalue weighted by molar-refractivity contribution is 5.78. The maximum absolute atomic E-state index is 12.5. The van der Waals surface area contributed by atoms with Crippen molar-refractivity contribution in [3.63, 3.8) is 0 Å². The molecule has 1 amide bonds. The van der Waals surface area contributed by atoms with Crippen LogP contribution in [-0.2, 0) is 18.4 Å². The number of piperidine rings is 2. The smallest absolute Gasteiger partial charge is 0.236 e. The molecule has 0 N–H and O–H groups in total. The molecule has 1 aromatic rings. The Morgan fingerprint density at radius 2 is 1.92 bits per heavy atom. The molecule has 1 atom stereocenters. The van der Waals surface area contributed by atoms with Crippen molar-refractivity contribution in [1.82, 2.24) is 29.5 Å². The zero-order valence-electron chi connectivity index (χ0n) is 16.7. The van der Waals surface area contributed by atoms with Gasteiger partial charge in [-0.15, -0.1) is 10.2 Å². The Hall–Kier alpha value is -1.47. The minimum absolute atomic E-state index is 0.231. The number of likely N-dealkylation sites (tertiary alicyclic amines) is 2. The van der Waals surface area contributed by atoms with Crippen molar-refractivity contribution >= 4 is 5.91 Å². The lowest BCUT2D eigenvalue weighted by Crippen LogP contribution is -2.44. The van der Waals surface area contributed by atoms with Gasteiger partial charge in [-0.25, -0.2) is 0 Å². The van der Waals surface area contributed by atoms with Gasteiger partial charge in [-0.2, -0.15) is 0 Å². The Morgan fingerprint density at radius 1 is 1.15 bits per heavy atom. The monoisotopic (exact) mass is 362 g/mol. The van der Waals surface area contributed by atoms with Gasteiger partial charge in [0.1, 0.15) is 11.6 Å². The van der Waals surface area contributed by atoms with Gasteiger partial charge in [0.2, 0.25) is 5.91 Å². The predicted molar refractivity (Wildman–Crippen MR) is 102 cm³/mol. The molecule has 0 bridgehead atoms. The van der Waals surface area contributed by atoms with Gasteiger partial charge in [0.15, 0.2) is 0 Å². The molecule has 0 spiro atoms. The van der Waals surface area contributed by atoms with Crippen molar-refractivity contribution in [3.8, 4) is 0 Å². The molecule has 0 saturated carbocycles. The van der Waals surface area contributed by atoms with Crippen LogP contribution < -0.4 is 0 Å². The average Bonchev–Trinajstić information content (AvgIpc) is 3.03. The SMILES string of the molecule is CCN(C)CC(=O)N1CCC[C@H](c2nnc(CN3CCCCC3)n2C)C1. The molecule has 2 aliphatic rings. The maximum Gasteiger partial charge on any atom is 0.236 e. The van der Waals surface area contributed by atoms with Gasteiger partial charge in [-0.1, -0.05) is 13.3 Å². The molecule has 2 aliphatic heterocycles. The summed E-state index contributed by atoms with van der Waals surface area (Å²) in [5, 5.41) is 8.99. The molecule has 3 rings (SSSR count). The zero-order chi connectivity index (χ0) is 18.5. The van der Waals surface area contributed by atoms with Crippen LogP contribution in [0.5, 0.6) is 0 Å². The Labute approximate surface area is 157 Å². The fourth-order valence-electron chi connectivity index (χ4n) is 4.04. The summed E-state index contributed by atoms with van der Waals surface area (Å²) >= 11 is 0. The summed E-state index contributed by atoms with van der Waals surface area (Å²) in [6, 6.07) is 0. The van der Waals surface area contributed by atoms with Crippen molar-refractivity contribution in [1.29, 1.82) is 0 Å². The summed E-state index contributed by atoms with van der Waals surface area (Å²) in [6.07, 6.45) is 6.05. The van der Waals surface area contributed by atoms with E-state index in [0.717, 1.165) is 50.7 Å². The van der Waals surface area contributed by atoms with Crippen LogP contribution in [0.15, 0.2) is 0 Å². The molecule has 0 radical (unpaired) electrons. The Kier molecular flexibility index (Phi) is 6.64. The van der Waals surface area contributed by atoms with Gasteiger partial charge >= 0.3 is 0 Å². The second kappa shape index (κ2) is 8.95. The van der Waals surface area contributed by atoms with E-state index in [9.17, 15) is 4.79 Å². The largest absolute Gasteiger partial charge is 0.341 e. The number of hydrogen-bond donors (Lipinski definition) is 0. The second-order valence-corrected chi connectivity index (χ2v) is 7.88. The molecule has 0 aromatic carbocycles. The van der Waals surface area contributed by atoms with Crippen molar-refractivity contribution < 1.29 is 4.79 Å². The topological polar surface area (TPSA) is 57.5 Å². The summed E-state index contributed by atoms with van der Waals surface area (Å²) in [6.45, 7) is 8.33. The second-order valence-electron chi connectivity index (χ2n) is 7.88. The van der Waals surface area contributed by atoms with E-state index in [0.29, 0.717) is 12.5 Å². The van der Waals surface area contributed by atoms with E-state index in [1.807, 2.05) is 11.9 Å². The van der Waals surface area contributed by atoms with Gasteiger partial charge in [0.05, 0.1) is 13.1 Å². The number of nitrogens with zero attached hydrogens (tertiary/aromatic N) is 6. The van der Waals surface area contributed by atoms with Gasteiger partial charge in [0.25, 0.3) is 0 Å². The molecule has 146 valence electrons. The number of rotatable bonds is 6.